The summed E-state index contributed by atoms with van der Waals surface area (Å²) in [5, 5.41) is 0. The summed E-state index contributed by atoms with van der Waals surface area (Å²) in [6.07, 6.45) is 9.78. The summed E-state index contributed by atoms with van der Waals surface area (Å²) in [5.74, 6) is 2.05. The molecule has 1 unspecified atom stereocenters. The molecule has 0 spiro atoms. The number of ether oxygens (including phenoxy) is 1. The molecule has 1 atom stereocenters. The van der Waals surface area contributed by atoms with E-state index in [2.05, 4.69) is 19.9 Å². The zero-order chi connectivity index (χ0) is 9.52. The van der Waals surface area contributed by atoms with E-state index in [1.54, 1.807) is 0 Å². The minimum atomic E-state index is 0.809. The van der Waals surface area contributed by atoms with Crippen molar-refractivity contribution in [1.82, 2.24) is 0 Å². The largest absolute Gasteiger partial charge is 0.498 e. The predicted molar refractivity (Wildman–Crippen MR) is 56.6 cm³/mol. The van der Waals surface area contributed by atoms with Crippen LogP contribution in [0.4, 0.5) is 0 Å². The van der Waals surface area contributed by atoms with Gasteiger partial charge >= 0.3 is 0 Å². The van der Waals surface area contributed by atoms with Gasteiger partial charge in [0.15, 0.2) is 0 Å². The Kier molecular flexibility index (Phi) is 4.95. The third-order valence-corrected chi connectivity index (χ3v) is 2.84. The zero-order valence-electron chi connectivity index (χ0n) is 9.01. The highest BCUT2D eigenvalue weighted by Gasteiger charge is 2.05. The van der Waals surface area contributed by atoms with Crippen molar-refractivity contribution in [1.29, 1.82) is 0 Å². The third-order valence-electron chi connectivity index (χ3n) is 2.84. The molecule has 0 aliphatic heterocycles. The standard InChI is InChI=1S/C12H22O/c1-3-11(2)9-10-13-12-7-5-4-6-8-12/h7,11H,3-6,8-10H2,1-2H3. The van der Waals surface area contributed by atoms with Gasteiger partial charge < -0.3 is 4.74 Å². The van der Waals surface area contributed by atoms with Crippen LogP contribution < -0.4 is 0 Å². The average Bonchev–Trinajstić information content (AvgIpc) is 2.19. The molecule has 76 valence electrons. The monoisotopic (exact) mass is 182 g/mol. The quantitative estimate of drug-likeness (QED) is 0.626. The fourth-order valence-electron chi connectivity index (χ4n) is 1.54. The van der Waals surface area contributed by atoms with E-state index < -0.39 is 0 Å². The first kappa shape index (κ1) is 10.6. The maximum Gasteiger partial charge on any atom is 0.0919 e. The van der Waals surface area contributed by atoms with Gasteiger partial charge in [0.2, 0.25) is 0 Å². The Morgan fingerprint density at radius 2 is 2.31 bits per heavy atom. The van der Waals surface area contributed by atoms with E-state index >= 15 is 0 Å². The van der Waals surface area contributed by atoms with Gasteiger partial charge in [-0.15, -0.1) is 0 Å². The molecule has 0 amide bonds. The van der Waals surface area contributed by atoms with Crippen molar-refractivity contribution in [2.24, 2.45) is 5.92 Å². The zero-order valence-corrected chi connectivity index (χ0v) is 9.01. The lowest BCUT2D eigenvalue weighted by Crippen LogP contribution is -2.03. The molecular weight excluding hydrogens is 160 g/mol. The van der Waals surface area contributed by atoms with E-state index in [9.17, 15) is 0 Å². The minimum absolute atomic E-state index is 0.809. The van der Waals surface area contributed by atoms with Crippen LogP contribution in [0.2, 0.25) is 0 Å². The summed E-state index contributed by atoms with van der Waals surface area (Å²) in [7, 11) is 0. The molecule has 0 aromatic carbocycles. The maximum atomic E-state index is 5.72. The Hall–Kier alpha value is -0.460. The fourth-order valence-corrected chi connectivity index (χ4v) is 1.54. The van der Waals surface area contributed by atoms with Crippen LogP contribution in [0.3, 0.4) is 0 Å². The fraction of sp³-hybridized carbons (Fsp3) is 0.833. The molecule has 1 aliphatic carbocycles. The first-order chi connectivity index (χ1) is 6.33. The second-order valence-corrected chi connectivity index (χ2v) is 4.07. The molecule has 0 heterocycles. The Bertz CT molecular complexity index is 161. The van der Waals surface area contributed by atoms with Gasteiger partial charge in [0, 0.05) is 6.42 Å². The summed E-state index contributed by atoms with van der Waals surface area (Å²) in [6.45, 7) is 5.45. The first-order valence-corrected chi connectivity index (χ1v) is 5.64. The Morgan fingerprint density at radius 3 is 2.92 bits per heavy atom. The number of hydrogen-bond donors (Lipinski definition) is 0. The molecule has 1 aliphatic rings. The number of rotatable bonds is 5. The normalized spacial score (nSPS) is 19.4. The highest BCUT2D eigenvalue weighted by Crippen LogP contribution is 2.19. The smallest absolute Gasteiger partial charge is 0.0919 e. The van der Waals surface area contributed by atoms with Crippen molar-refractivity contribution in [2.75, 3.05) is 6.61 Å². The van der Waals surface area contributed by atoms with Gasteiger partial charge in [-0.1, -0.05) is 20.3 Å². The summed E-state index contributed by atoms with van der Waals surface area (Å²) in [6, 6.07) is 0. The summed E-state index contributed by atoms with van der Waals surface area (Å²) in [5.41, 5.74) is 0. The van der Waals surface area contributed by atoms with Crippen molar-refractivity contribution < 1.29 is 4.74 Å². The van der Waals surface area contributed by atoms with Crippen LogP contribution in [0.1, 0.15) is 52.4 Å². The van der Waals surface area contributed by atoms with Gasteiger partial charge in [-0.2, -0.15) is 0 Å². The molecule has 0 radical (unpaired) electrons. The lowest BCUT2D eigenvalue weighted by atomic mass is 10.1. The van der Waals surface area contributed by atoms with Gasteiger partial charge in [0.1, 0.15) is 0 Å². The summed E-state index contributed by atoms with van der Waals surface area (Å²) in [4.78, 5) is 0. The van der Waals surface area contributed by atoms with Crippen molar-refractivity contribution in [3.8, 4) is 0 Å². The van der Waals surface area contributed by atoms with Gasteiger partial charge in [-0.3, -0.25) is 0 Å². The van der Waals surface area contributed by atoms with E-state index in [1.165, 1.54) is 44.3 Å². The molecule has 0 saturated carbocycles. The molecule has 0 fully saturated rings. The SMILES string of the molecule is CCC(C)CCOC1=CCCCC1. The van der Waals surface area contributed by atoms with E-state index in [0.717, 1.165) is 12.5 Å². The molecule has 13 heavy (non-hydrogen) atoms. The molecule has 0 saturated heterocycles. The van der Waals surface area contributed by atoms with E-state index in [-0.39, 0.29) is 0 Å². The van der Waals surface area contributed by atoms with Crippen molar-refractivity contribution in [3.05, 3.63) is 11.8 Å². The summed E-state index contributed by atoms with van der Waals surface area (Å²) >= 11 is 0. The second-order valence-electron chi connectivity index (χ2n) is 4.07. The van der Waals surface area contributed by atoms with Crippen LogP contribution in [0.15, 0.2) is 11.8 Å². The van der Waals surface area contributed by atoms with Crippen LogP contribution in [-0.2, 0) is 4.74 Å². The van der Waals surface area contributed by atoms with E-state index in [1.807, 2.05) is 0 Å². The van der Waals surface area contributed by atoms with Crippen LogP contribution in [-0.4, -0.2) is 6.61 Å². The minimum Gasteiger partial charge on any atom is -0.498 e. The predicted octanol–water partition coefficient (Wildman–Crippen LogP) is 3.90. The van der Waals surface area contributed by atoms with Gasteiger partial charge in [0.05, 0.1) is 12.4 Å². The van der Waals surface area contributed by atoms with Crippen molar-refractivity contribution in [3.63, 3.8) is 0 Å². The molecule has 1 rings (SSSR count). The molecule has 1 nitrogen and oxygen atoms in total. The Balaban J connectivity index is 2.08. The van der Waals surface area contributed by atoms with Gasteiger partial charge in [0.25, 0.3) is 0 Å². The number of allylic oxidation sites excluding steroid dienone is 2. The third kappa shape index (κ3) is 4.35. The van der Waals surface area contributed by atoms with Crippen molar-refractivity contribution >= 4 is 0 Å². The van der Waals surface area contributed by atoms with E-state index in [0.29, 0.717) is 0 Å². The summed E-state index contributed by atoms with van der Waals surface area (Å²) < 4.78 is 5.72. The average molecular weight is 182 g/mol. The molecular formula is C12H22O. The van der Waals surface area contributed by atoms with Crippen LogP contribution in [0.25, 0.3) is 0 Å². The van der Waals surface area contributed by atoms with Gasteiger partial charge in [-0.25, -0.2) is 0 Å². The Labute approximate surface area is 82.2 Å². The second kappa shape index (κ2) is 6.06. The van der Waals surface area contributed by atoms with Crippen molar-refractivity contribution in [2.45, 2.75) is 52.4 Å². The lowest BCUT2D eigenvalue weighted by Gasteiger charge is -2.15. The first-order valence-electron chi connectivity index (χ1n) is 5.64. The molecule has 0 aromatic rings. The van der Waals surface area contributed by atoms with Crippen LogP contribution in [0, 0.1) is 5.92 Å². The molecule has 0 bridgehead atoms. The van der Waals surface area contributed by atoms with Crippen LogP contribution in [0.5, 0.6) is 0 Å². The molecule has 1 heteroatoms. The highest BCUT2D eigenvalue weighted by molar-refractivity contribution is 4.96. The van der Waals surface area contributed by atoms with E-state index in [4.69, 9.17) is 4.74 Å². The Morgan fingerprint density at radius 1 is 1.46 bits per heavy atom. The highest BCUT2D eigenvalue weighted by atomic mass is 16.5. The maximum absolute atomic E-state index is 5.72. The van der Waals surface area contributed by atoms with Crippen LogP contribution >= 0.6 is 0 Å². The number of hydrogen-bond acceptors (Lipinski definition) is 1. The molecule has 0 aromatic heterocycles. The molecule has 0 N–H and O–H groups in total. The van der Waals surface area contributed by atoms with Gasteiger partial charge in [-0.05, 0) is 37.7 Å². The lowest BCUT2D eigenvalue weighted by molar-refractivity contribution is 0.177. The topological polar surface area (TPSA) is 9.23 Å².